The summed E-state index contributed by atoms with van der Waals surface area (Å²) < 4.78 is 5.35. The van der Waals surface area contributed by atoms with Crippen molar-refractivity contribution in [1.29, 1.82) is 0 Å². The van der Waals surface area contributed by atoms with Crippen molar-refractivity contribution in [2.75, 3.05) is 14.2 Å². The second-order valence-electron chi connectivity index (χ2n) is 6.20. The van der Waals surface area contributed by atoms with E-state index in [0.29, 0.717) is 18.0 Å². The molecule has 2 atom stereocenters. The second-order valence-corrected chi connectivity index (χ2v) is 6.20. The van der Waals surface area contributed by atoms with Crippen molar-refractivity contribution in [1.82, 2.24) is 20.8 Å². The summed E-state index contributed by atoms with van der Waals surface area (Å²) in [6.07, 6.45) is 2.66. The Balaban J connectivity index is 1.87. The minimum absolute atomic E-state index is 0.158. The van der Waals surface area contributed by atoms with Gasteiger partial charge in [0.2, 0.25) is 12.3 Å². The van der Waals surface area contributed by atoms with E-state index in [1.54, 1.807) is 6.07 Å². The van der Waals surface area contributed by atoms with E-state index in [0.717, 1.165) is 17.5 Å². The van der Waals surface area contributed by atoms with Crippen molar-refractivity contribution >= 4 is 17.9 Å². The van der Waals surface area contributed by atoms with Gasteiger partial charge in [-0.15, -0.1) is 10.2 Å². The van der Waals surface area contributed by atoms with Crippen LogP contribution in [-0.2, 0) is 9.59 Å². The largest absolute Gasteiger partial charge is 0.480 e. The average Bonchev–Trinajstić information content (AvgIpc) is 3.52. The molecule has 2 aromatic rings. The van der Waals surface area contributed by atoms with Gasteiger partial charge in [0.15, 0.2) is 0 Å². The summed E-state index contributed by atoms with van der Waals surface area (Å²) in [6.45, 7) is 0. The molecule has 0 aliphatic heterocycles. The molecule has 142 valence electrons. The lowest BCUT2D eigenvalue weighted by Gasteiger charge is -2.10. The van der Waals surface area contributed by atoms with E-state index in [2.05, 4.69) is 32.7 Å². The van der Waals surface area contributed by atoms with E-state index in [4.69, 9.17) is 4.74 Å². The molecular formula is C21H20N4O3. The number of ether oxygens (including phenoxy) is 1. The average molecular weight is 376 g/mol. The van der Waals surface area contributed by atoms with Crippen molar-refractivity contribution in [3.63, 3.8) is 0 Å². The number of hydrogen-bond acceptors (Lipinski definition) is 5. The molecule has 2 amide bonds. The van der Waals surface area contributed by atoms with Crippen LogP contribution >= 0.6 is 0 Å². The Morgan fingerprint density at radius 2 is 2.07 bits per heavy atom. The Morgan fingerprint density at radius 3 is 2.75 bits per heavy atom. The fourth-order valence-electron chi connectivity index (χ4n) is 2.85. The van der Waals surface area contributed by atoms with Gasteiger partial charge in [-0.25, -0.2) is 0 Å². The van der Waals surface area contributed by atoms with Crippen molar-refractivity contribution < 1.29 is 14.3 Å². The van der Waals surface area contributed by atoms with Crippen molar-refractivity contribution in [3.05, 3.63) is 59.4 Å². The third-order valence-electron chi connectivity index (χ3n) is 4.39. The molecule has 1 saturated carbocycles. The summed E-state index contributed by atoms with van der Waals surface area (Å²) in [4.78, 5) is 22.7. The van der Waals surface area contributed by atoms with Gasteiger partial charge < -0.3 is 15.4 Å². The van der Waals surface area contributed by atoms with E-state index in [-0.39, 0.29) is 23.3 Å². The second kappa shape index (κ2) is 8.82. The SMILES string of the molecule is CNC(=O)/C(=C\NC=O)c1cc(C2CC2C#Cc2ccccc2)c(OC)nn1. The van der Waals surface area contributed by atoms with Crippen molar-refractivity contribution in [2.24, 2.45) is 5.92 Å². The molecule has 7 nitrogen and oxygen atoms in total. The van der Waals surface area contributed by atoms with Gasteiger partial charge in [-0.2, -0.15) is 0 Å². The molecule has 1 aliphatic rings. The predicted octanol–water partition coefficient (Wildman–Crippen LogP) is 1.47. The number of carbonyl (C=O) groups excluding carboxylic acids is 2. The maximum Gasteiger partial charge on any atom is 0.254 e. The number of aromatic nitrogens is 2. The molecule has 0 bridgehead atoms. The van der Waals surface area contributed by atoms with Crippen LogP contribution in [0.3, 0.4) is 0 Å². The summed E-state index contributed by atoms with van der Waals surface area (Å²) in [6, 6.07) is 11.6. The third-order valence-corrected chi connectivity index (χ3v) is 4.39. The van der Waals surface area contributed by atoms with Gasteiger partial charge in [-0.1, -0.05) is 30.0 Å². The number of nitrogens with zero attached hydrogens (tertiary/aromatic N) is 2. The molecule has 0 saturated heterocycles. The fourth-order valence-corrected chi connectivity index (χ4v) is 2.85. The smallest absolute Gasteiger partial charge is 0.254 e. The first-order chi connectivity index (χ1) is 13.7. The number of amides is 2. The Bertz CT molecular complexity index is 961. The highest BCUT2D eigenvalue weighted by molar-refractivity contribution is 6.18. The van der Waals surface area contributed by atoms with E-state index in [1.807, 2.05) is 30.3 Å². The van der Waals surface area contributed by atoms with Gasteiger partial charge >= 0.3 is 0 Å². The first-order valence-corrected chi connectivity index (χ1v) is 8.78. The molecule has 2 unspecified atom stereocenters. The van der Waals surface area contributed by atoms with Crippen LogP contribution in [0, 0.1) is 17.8 Å². The number of likely N-dealkylation sites (N-methyl/N-ethyl adjacent to an activating group) is 1. The first kappa shape index (κ1) is 19.1. The molecule has 28 heavy (non-hydrogen) atoms. The summed E-state index contributed by atoms with van der Waals surface area (Å²) >= 11 is 0. The Kier molecular flexibility index (Phi) is 6.02. The highest BCUT2D eigenvalue weighted by atomic mass is 16.5. The Hall–Kier alpha value is -3.66. The minimum atomic E-state index is -0.379. The zero-order valence-corrected chi connectivity index (χ0v) is 15.6. The van der Waals surface area contributed by atoms with Crippen LogP contribution in [0.25, 0.3) is 5.57 Å². The van der Waals surface area contributed by atoms with E-state index in [1.165, 1.54) is 20.4 Å². The fraction of sp³-hybridized carbons (Fsp3) is 0.238. The number of rotatable bonds is 6. The molecule has 1 fully saturated rings. The third kappa shape index (κ3) is 4.35. The van der Waals surface area contributed by atoms with Gasteiger partial charge in [-0.3, -0.25) is 9.59 Å². The van der Waals surface area contributed by atoms with Gasteiger partial charge in [0.1, 0.15) is 5.69 Å². The van der Waals surface area contributed by atoms with Gasteiger partial charge in [-0.05, 0) is 24.6 Å². The maximum absolute atomic E-state index is 12.1. The monoisotopic (exact) mass is 376 g/mol. The van der Waals surface area contributed by atoms with E-state index < -0.39 is 0 Å². The molecular weight excluding hydrogens is 356 g/mol. The molecule has 7 heteroatoms. The molecule has 1 heterocycles. The number of carbonyl (C=O) groups is 2. The Labute approximate surface area is 163 Å². The summed E-state index contributed by atoms with van der Waals surface area (Å²) in [5.74, 6) is 6.85. The first-order valence-electron chi connectivity index (χ1n) is 8.78. The number of methoxy groups -OCH3 is 1. The minimum Gasteiger partial charge on any atom is -0.480 e. The summed E-state index contributed by atoms with van der Waals surface area (Å²) in [5, 5.41) is 13.1. The molecule has 1 aliphatic carbocycles. The zero-order valence-electron chi connectivity index (χ0n) is 15.6. The topological polar surface area (TPSA) is 93.2 Å². The van der Waals surface area contributed by atoms with Gasteiger partial charge in [0.25, 0.3) is 5.91 Å². The lowest BCUT2D eigenvalue weighted by atomic mass is 10.1. The number of hydrogen-bond donors (Lipinski definition) is 2. The van der Waals surface area contributed by atoms with Gasteiger partial charge in [0.05, 0.1) is 12.7 Å². The van der Waals surface area contributed by atoms with E-state index >= 15 is 0 Å². The van der Waals surface area contributed by atoms with Crippen LogP contribution < -0.4 is 15.4 Å². The van der Waals surface area contributed by atoms with Crippen LogP contribution in [0.2, 0.25) is 0 Å². The lowest BCUT2D eigenvalue weighted by molar-refractivity contribution is -0.115. The maximum atomic E-state index is 12.1. The van der Waals surface area contributed by atoms with Crippen molar-refractivity contribution in [3.8, 4) is 17.7 Å². The zero-order chi connectivity index (χ0) is 19.9. The summed E-state index contributed by atoms with van der Waals surface area (Å²) in [7, 11) is 3.04. The van der Waals surface area contributed by atoms with Gasteiger partial charge in [0, 0.05) is 36.2 Å². The quantitative estimate of drug-likeness (QED) is 0.452. The predicted molar refractivity (Wildman–Crippen MR) is 104 cm³/mol. The van der Waals surface area contributed by atoms with Crippen LogP contribution in [0.15, 0.2) is 42.6 Å². The van der Waals surface area contributed by atoms with Crippen molar-refractivity contribution in [2.45, 2.75) is 12.3 Å². The molecule has 3 rings (SSSR count). The van der Waals surface area contributed by atoms with Crippen LogP contribution in [0.4, 0.5) is 0 Å². The Morgan fingerprint density at radius 1 is 1.29 bits per heavy atom. The lowest BCUT2D eigenvalue weighted by Crippen LogP contribution is -2.22. The number of benzene rings is 1. The number of nitrogens with one attached hydrogen (secondary N) is 2. The molecule has 0 radical (unpaired) electrons. The molecule has 1 aromatic heterocycles. The van der Waals surface area contributed by atoms with E-state index in [9.17, 15) is 9.59 Å². The van der Waals surface area contributed by atoms with Crippen LogP contribution in [-0.4, -0.2) is 36.7 Å². The molecule has 0 spiro atoms. The molecule has 2 N–H and O–H groups in total. The normalized spacial score (nSPS) is 17.7. The highest BCUT2D eigenvalue weighted by Gasteiger charge is 2.40. The highest BCUT2D eigenvalue weighted by Crippen LogP contribution is 2.49. The van der Waals surface area contributed by atoms with Crippen LogP contribution in [0.5, 0.6) is 5.88 Å². The van der Waals surface area contributed by atoms with Crippen LogP contribution in [0.1, 0.15) is 29.2 Å². The summed E-state index contributed by atoms with van der Waals surface area (Å²) in [5.41, 5.74) is 2.38. The standard InChI is InChI=1S/C21H20N4O3/c1-22-20(27)18(12-23-13-26)19-11-17(21(28-2)25-24-19)16-10-15(16)9-8-14-6-4-3-5-7-14/h3-7,11-13,15-16H,10H2,1-2H3,(H,22,27)(H,23,26)/b18-12-. The molecule has 1 aromatic carbocycles.